The molecule has 0 bridgehead atoms. The first-order valence-electron chi connectivity index (χ1n) is 8.70. The zero-order valence-electron chi connectivity index (χ0n) is 14.5. The van der Waals surface area contributed by atoms with E-state index in [9.17, 15) is 13.6 Å². The van der Waals surface area contributed by atoms with Crippen LogP contribution in [0.2, 0.25) is 0 Å². The monoisotopic (exact) mass is 380 g/mol. The van der Waals surface area contributed by atoms with Gasteiger partial charge < -0.3 is 4.90 Å². The Balaban J connectivity index is 1.52. The van der Waals surface area contributed by atoms with Gasteiger partial charge in [0.25, 0.3) is 0 Å². The first kappa shape index (κ1) is 16.5. The molecule has 0 radical (unpaired) electrons. The van der Waals surface area contributed by atoms with Crippen LogP contribution in [0.4, 0.5) is 30.9 Å². The van der Waals surface area contributed by atoms with Crippen LogP contribution in [0.15, 0.2) is 48.9 Å². The number of amides is 2. The minimum Gasteiger partial charge on any atom is -0.347 e. The Morgan fingerprint density at radius 2 is 1.96 bits per heavy atom. The van der Waals surface area contributed by atoms with Gasteiger partial charge >= 0.3 is 6.03 Å². The van der Waals surface area contributed by atoms with Crippen LogP contribution < -0.4 is 15.1 Å². The molecule has 4 heterocycles. The van der Waals surface area contributed by atoms with Crippen LogP contribution in [0.25, 0.3) is 11.3 Å². The molecule has 2 aromatic heterocycles. The van der Waals surface area contributed by atoms with E-state index < -0.39 is 11.6 Å². The van der Waals surface area contributed by atoms with Crippen molar-refractivity contribution in [2.24, 2.45) is 0 Å². The zero-order chi connectivity index (χ0) is 19.3. The molecule has 1 aromatic carbocycles. The number of hydrogen-bond donors (Lipinski definition) is 1. The molecule has 1 fully saturated rings. The Kier molecular flexibility index (Phi) is 3.68. The molecule has 2 aliphatic rings. The van der Waals surface area contributed by atoms with Gasteiger partial charge in [-0.15, -0.1) is 0 Å². The average Bonchev–Trinajstić information content (AvgIpc) is 2.87. The van der Waals surface area contributed by atoms with Crippen molar-refractivity contribution in [3.63, 3.8) is 0 Å². The second-order valence-corrected chi connectivity index (χ2v) is 6.55. The maximum absolute atomic E-state index is 13.6. The second-order valence-electron chi connectivity index (χ2n) is 6.55. The molecule has 2 aliphatic heterocycles. The molecule has 1 N–H and O–H groups in total. The van der Waals surface area contributed by atoms with Crippen molar-refractivity contribution in [1.82, 2.24) is 15.0 Å². The van der Waals surface area contributed by atoms with Crippen molar-refractivity contribution in [1.29, 1.82) is 0 Å². The largest absolute Gasteiger partial charge is 0.347 e. The Morgan fingerprint density at radius 3 is 2.64 bits per heavy atom. The maximum Gasteiger partial charge on any atom is 0.330 e. The normalized spacial score (nSPS) is 17.0. The molecule has 1 saturated heterocycles. The van der Waals surface area contributed by atoms with Gasteiger partial charge in [-0.05, 0) is 24.3 Å². The lowest BCUT2D eigenvalue weighted by Gasteiger charge is -2.39. The number of hydrogen-bond acceptors (Lipinski definition) is 5. The van der Waals surface area contributed by atoms with Crippen molar-refractivity contribution in [3.05, 3.63) is 60.6 Å². The standard InChI is InChI=1S/C19H14F2N6O/c20-12-7-11(8-13(21)9-12)14-1-2-15-18(24-14)27(17-3-6-26(15)17)19(28)25-16-10-22-4-5-23-16/h1-2,4-5,7-10,17H,3,6H2,(H,23,25,28). The number of benzene rings is 1. The number of carbonyl (C=O) groups excluding carboxylic acids is 1. The number of rotatable bonds is 2. The highest BCUT2D eigenvalue weighted by Crippen LogP contribution is 2.45. The molecule has 9 heteroatoms. The number of pyridine rings is 1. The van der Waals surface area contributed by atoms with Crippen molar-refractivity contribution in [2.75, 3.05) is 21.7 Å². The Labute approximate surface area is 158 Å². The lowest BCUT2D eigenvalue weighted by Crippen LogP contribution is -2.56. The molecule has 1 atom stereocenters. The van der Waals surface area contributed by atoms with E-state index in [4.69, 9.17) is 0 Å². The van der Waals surface area contributed by atoms with Gasteiger partial charge in [-0.1, -0.05) is 0 Å². The molecule has 2 amide bonds. The van der Waals surface area contributed by atoms with E-state index in [1.807, 2.05) is 6.07 Å². The number of urea groups is 1. The van der Waals surface area contributed by atoms with Gasteiger partial charge in [0, 0.05) is 37.0 Å². The van der Waals surface area contributed by atoms with Crippen LogP contribution in [0.3, 0.4) is 0 Å². The number of halogens is 2. The van der Waals surface area contributed by atoms with Crippen LogP contribution in [0.1, 0.15) is 6.42 Å². The maximum atomic E-state index is 13.6. The third-order valence-corrected chi connectivity index (χ3v) is 4.85. The van der Waals surface area contributed by atoms with E-state index >= 15 is 0 Å². The number of aromatic nitrogens is 3. The molecule has 0 saturated carbocycles. The van der Waals surface area contributed by atoms with Gasteiger partial charge in [0.1, 0.15) is 17.8 Å². The van der Waals surface area contributed by atoms with Crippen molar-refractivity contribution < 1.29 is 13.6 Å². The number of nitrogens with one attached hydrogen (secondary N) is 1. The quantitative estimate of drug-likeness (QED) is 0.738. The van der Waals surface area contributed by atoms with Crippen LogP contribution in [-0.2, 0) is 0 Å². The van der Waals surface area contributed by atoms with Crippen LogP contribution >= 0.6 is 0 Å². The summed E-state index contributed by atoms with van der Waals surface area (Å²) in [4.78, 5) is 29.0. The van der Waals surface area contributed by atoms with E-state index in [1.165, 1.54) is 30.7 Å². The highest BCUT2D eigenvalue weighted by molar-refractivity contribution is 6.05. The summed E-state index contributed by atoms with van der Waals surface area (Å²) in [6.45, 7) is 0.808. The first-order chi connectivity index (χ1) is 13.6. The zero-order valence-corrected chi connectivity index (χ0v) is 14.5. The third-order valence-electron chi connectivity index (χ3n) is 4.85. The summed E-state index contributed by atoms with van der Waals surface area (Å²) in [6.07, 6.45) is 5.11. The summed E-state index contributed by atoms with van der Waals surface area (Å²) in [7, 11) is 0. The molecule has 28 heavy (non-hydrogen) atoms. The lowest BCUT2D eigenvalue weighted by atomic mass is 10.1. The van der Waals surface area contributed by atoms with Crippen molar-refractivity contribution >= 4 is 23.4 Å². The third kappa shape index (κ3) is 2.63. The van der Waals surface area contributed by atoms with Gasteiger partial charge in [-0.25, -0.2) is 23.5 Å². The Hall–Kier alpha value is -3.62. The minimum absolute atomic E-state index is 0.140. The second kappa shape index (κ2) is 6.22. The van der Waals surface area contributed by atoms with E-state index in [1.54, 1.807) is 11.0 Å². The van der Waals surface area contributed by atoms with E-state index in [0.29, 0.717) is 22.9 Å². The van der Waals surface area contributed by atoms with Crippen LogP contribution in [0.5, 0.6) is 0 Å². The first-order valence-corrected chi connectivity index (χ1v) is 8.70. The highest BCUT2D eigenvalue weighted by Gasteiger charge is 2.46. The van der Waals surface area contributed by atoms with Crippen molar-refractivity contribution in [3.8, 4) is 11.3 Å². The summed E-state index contributed by atoms with van der Waals surface area (Å²) in [6, 6.07) is 6.37. The molecule has 0 aliphatic carbocycles. The highest BCUT2D eigenvalue weighted by atomic mass is 19.1. The fourth-order valence-electron chi connectivity index (χ4n) is 3.53. The van der Waals surface area contributed by atoms with Gasteiger partial charge in [-0.2, -0.15) is 0 Å². The SMILES string of the molecule is O=C(Nc1cnccn1)N1c2nc(-c3cc(F)cc(F)c3)ccc2N2CCC21. The number of fused-ring (bicyclic) bond motifs is 3. The molecule has 0 spiro atoms. The van der Waals surface area contributed by atoms with E-state index in [-0.39, 0.29) is 12.2 Å². The van der Waals surface area contributed by atoms with Gasteiger partial charge in [0.05, 0.1) is 17.6 Å². The minimum atomic E-state index is -0.682. The summed E-state index contributed by atoms with van der Waals surface area (Å²) >= 11 is 0. The van der Waals surface area contributed by atoms with Gasteiger partial charge in [0.2, 0.25) is 0 Å². The van der Waals surface area contributed by atoms with Crippen molar-refractivity contribution in [2.45, 2.75) is 12.6 Å². The summed E-state index contributed by atoms with van der Waals surface area (Å²) in [5.41, 5.74) is 1.51. The van der Waals surface area contributed by atoms with Crippen LogP contribution in [-0.4, -0.2) is 33.7 Å². The molecular formula is C19H14F2N6O. The Morgan fingerprint density at radius 1 is 1.14 bits per heavy atom. The van der Waals surface area contributed by atoms with Crippen LogP contribution in [0, 0.1) is 11.6 Å². The smallest absolute Gasteiger partial charge is 0.330 e. The summed E-state index contributed by atoms with van der Waals surface area (Å²) in [5.74, 6) is -0.585. The predicted octanol–water partition coefficient (Wildman–Crippen LogP) is 3.41. The van der Waals surface area contributed by atoms with E-state index in [2.05, 4.69) is 25.2 Å². The predicted molar refractivity (Wildman–Crippen MR) is 98.9 cm³/mol. The van der Waals surface area contributed by atoms with Gasteiger partial charge in [0.15, 0.2) is 11.6 Å². The fourth-order valence-corrected chi connectivity index (χ4v) is 3.53. The van der Waals surface area contributed by atoms with E-state index in [0.717, 1.165) is 24.7 Å². The summed E-state index contributed by atoms with van der Waals surface area (Å²) < 4.78 is 27.2. The molecule has 1 unspecified atom stereocenters. The molecule has 3 aromatic rings. The topological polar surface area (TPSA) is 74.2 Å². The Bertz CT molecular complexity index is 1060. The van der Waals surface area contributed by atoms with Gasteiger partial charge in [-0.3, -0.25) is 15.2 Å². The lowest BCUT2D eigenvalue weighted by molar-refractivity contribution is 0.252. The molecule has 140 valence electrons. The summed E-state index contributed by atoms with van der Waals surface area (Å²) in [5, 5.41) is 2.71. The fraction of sp³-hybridized carbons (Fsp3) is 0.158. The number of anilines is 3. The number of nitrogens with zero attached hydrogens (tertiary/aromatic N) is 5. The molecule has 7 nitrogen and oxygen atoms in total. The molecular weight excluding hydrogens is 366 g/mol. The average molecular weight is 380 g/mol. The molecule has 5 rings (SSSR count). The number of carbonyl (C=O) groups is 1.